The second-order valence-electron chi connectivity index (χ2n) is 4.97. The molecule has 1 amide bonds. The van der Waals surface area contributed by atoms with Crippen LogP contribution < -0.4 is 0 Å². The van der Waals surface area contributed by atoms with Crippen LogP contribution in [-0.4, -0.2) is 47.3 Å². The van der Waals surface area contributed by atoms with Crippen molar-refractivity contribution in [2.45, 2.75) is 45.3 Å². The predicted molar refractivity (Wildman–Crippen MR) is 57.5 cm³/mol. The zero-order valence-electron chi connectivity index (χ0n) is 9.82. The molecule has 1 atom stereocenters. The molecule has 1 fully saturated rings. The number of aliphatic hydroxyl groups excluding tert-OH is 1. The summed E-state index contributed by atoms with van der Waals surface area (Å²) in [5.74, 6) is -0.0125. The van der Waals surface area contributed by atoms with E-state index in [1.807, 2.05) is 20.8 Å². The Labute approximate surface area is 91.2 Å². The molecule has 1 aliphatic rings. The summed E-state index contributed by atoms with van der Waals surface area (Å²) in [5.41, 5.74) is -0.288. The summed E-state index contributed by atoms with van der Waals surface area (Å²) in [6.07, 6.45) is 1.88. The van der Waals surface area contributed by atoms with Crippen LogP contribution in [0.4, 0.5) is 0 Å². The highest BCUT2D eigenvalue weighted by molar-refractivity contribution is 5.78. The first kappa shape index (κ1) is 12.5. The average molecular weight is 215 g/mol. The van der Waals surface area contributed by atoms with Crippen molar-refractivity contribution >= 4 is 5.91 Å². The average Bonchev–Trinajstić information content (AvgIpc) is 2.60. The summed E-state index contributed by atoms with van der Waals surface area (Å²) in [4.78, 5) is 13.5. The van der Waals surface area contributed by atoms with Gasteiger partial charge in [0.1, 0.15) is 6.61 Å². The minimum Gasteiger partial charge on any atom is -0.394 e. The first-order valence-electron chi connectivity index (χ1n) is 5.48. The monoisotopic (exact) mass is 215 g/mol. The lowest BCUT2D eigenvalue weighted by molar-refractivity contribution is -0.142. The van der Waals surface area contributed by atoms with Crippen LogP contribution in [0, 0.1) is 0 Å². The Balaban J connectivity index is 2.40. The lowest BCUT2D eigenvalue weighted by Crippen LogP contribution is -2.41. The van der Waals surface area contributed by atoms with Crippen molar-refractivity contribution in [2.24, 2.45) is 0 Å². The highest BCUT2D eigenvalue weighted by Gasteiger charge is 2.28. The fourth-order valence-electron chi connectivity index (χ4n) is 1.72. The maximum absolute atomic E-state index is 11.8. The van der Waals surface area contributed by atoms with E-state index in [1.165, 1.54) is 0 Å². The zero-order valence-corrected chi connectivity index (χ0v) is 9.82. The van der Waals surface area contributed by atoms with Gasteiger partial charge in [-0.2, -0.15) is 0 Å². The lowest BCUT2D eigenvalue weighted by atomic mass is 10.2. The minimum absolute atomic E-state index is 0.000989. The smallest absolute Gasteiger partial charge is 0.248 e. The topological polar surface area (TPSA) is 49.8 Å². The molecule has 0 spiro atoms. The molecule has 1 rings (SSSR count). The van der Waals surface area contributed by atoms with Gasteiger partial charge in [-0.1, -0.05) is 0 Å². The van der Waals surface area contributed by atoms with Gasteiger partial charge in [-0.3, -0.25) is 4.79 Å². The summed E-state index contributed by atoms with van der Waals surface area (Å²) < 4.78 is 5.42. The number of hydrogen-bond acceptors (Lipinski definition) is 3. The van der Waals surface area contributed by atoms with Crippen molar-refractivity contribution in [1.82, 2.24) is 4.90 Å². The summed E-state index contributed by atoms with van der Waals surface area (Å²) in [6.45, 7) is 6.69. The van der Waals surface area contributed by atoms with Crippen molar-refractivity contribution in [3.8, 4) is 0 Å². The van der Waals surface area contributed by atoms with Crippen molar-refractivity contribution in [2.75, 3.05) is 19.8 Å². The number of ether oxygens (including phenoxy) is 1. The Morgan fingerprint density at radius 3 is 2.73 bits per heavy atom. The summed E-state index contributed by atoms with van der Waals surface area (Å²) in [7, 11) is 0. The molecule has 88 valence electrons. The van der Waals surface area contributed by atoms with Crippen LogP contribution >= 0.6 is 0 Å². The van der Waals surface area contributed by atoms with Gasteiger partial charge < -0.3 is 14.7 Å². The molecule has 1 aliphatic heterocycles. The van der Waals surface area contributed by atoms with Crippen molar-refractivity contribution < 1.29 is 14.6 Å². The molecule has 4 nitrogen and oxygen atoms in total. The predicted octanol–water partition coefficient (Wildman–Crippen LogP) is 0.785. The summed E-state index contributed by atoms with van der Waals surface area (Å²) >= 11 is 0. The summed E-state index contributed by atoms with van der Waals surface area (Å²) in [6, 6.07) is 0.000989. The highest BCUT2D eigenvalue weighted by Crippen LogP contribution is 2.17. The zero-order chi connectivity index (χ0) is 11.5. The minimum atomic E-state index is -0.288. The number of nitrogens with zero attached hydrogens (tertiary/aromatic N) is 1. The molecule has 0 saturated carbocycles. The van der Waals surface area contributed by atoms with E-state index in [1.54, 1.807) is 4.90 Å². The number of carbonyl (C=O) groups is 1. The Morgan fingerprint density at radius 1 is 1.53 bits per heavy atom. The Bertz CT molecular complexity index is 222. The molecule has 1 saturated heterocycles. The van der Waals surface area contributed by atoms with E-state index >= 15 is 0 Å². The first-order chi connectivity index (χ1) is 6.94. The third-order valence-corrected chi connectivity index (χ3v) is 2.54. The second-order valence-corrected chi connectivity index (χ2v) is 4.97. The number of rotatable bonds is 3. The number of aliphatic hydroxyl groups is 1. The van der Waals surface area contributed by atoms with E-state index in [9.17, 15) is 4.79 Å². The molecule has 4 heteroatoms. The molecule has 1 N–H and O–H groups in total. The van der Waals surface area contributed by atoms with Gasteiger partial charge in [-0.25, -0.2) is 0 Å². The van der Waals surface area contributed by atoms with E-state index in [2.05, 4.69) is 0 Å². The molecule has 0 bridgehead atoms. The van der Waals surface area contributed by atoms with Gasteiger partial charge in [0.25, 0.3) is 0 Å². The van der Waals surface area contributed by atoms with Crippen molar-refractivity contribution in [3.05, 3.63) is 0 Å². The maximum Gasteiger partial charge on any atom is 0.248 e. The Kier molecular flexibility index (Phi) is 4.11. The van der Waals surface area contributed by atoms with Crippen LogP contribution in [0.1, 0.15) is 33.6 Å². The first-order valence-corrected chi connectivity index (χ1v) is 5.48. The van der Waals surface area contributed by atoms with Crippen LogP contribution in [-0.2, 0) is 9.53 Å². The van der Waals surface area contributed by atoms with Gasteiger partial charge >= 0.3 is 0 Å². The number of amides is 1. The second kappa shape index (κ2) is 4.94. The van der Waals surface area contributed by atoms with Gasteiger partial charge in [-0.05, 0) is 33.6 Å². The van der Waals surface area contributed by atoms with Gasteiger partial charge in [0, 0.05) is 6.54 Å². The Morgan fingerprint density at radius 2 is 2.20 bits per heavy atom. The largest absolute Gasteiger partial charge is 0.394 e. The highest BCUT2D eigenvalue weighted by atomic mass is 16.5. The summed E-state index contributed by atoms with van der Waals surface area (Å²) in [5, 5.41) is 9.08. The lowest BCUT2D eigenvalue weighted by Gasteiger charge is -2.25. The van der Waals surface area contributed by atoms with Crippen LogP contribution in [0.3, 0.4) is 0 Å². The number of likely N-dealkylation sites (tertiary alicyclic amines) is 1. The number of carbonyl (C=O) groups excluding carboxylic acids is 1. The molecule has 15 heavy (non-hydrogen) atoms. The van der Waals surface area contributed by atoms with E-state index in [-0.39, 0.29) is 30.8 Å². The fourth-order valence-corrected chi connectivity index (χ4v) is 1.72. The van der Waals surface area contributed by atoms with E-state index < -0.39 is 0 Å². The van der Waals surface area contributed by atoms with Crippen LogP contribution in [0.15, 0.2) is 0 Å². The maximum atomic E-state index is 11.8. The Hall–Kier alpha value is -0.610. The molecular weight excluding hydrogens is 194 g/mol. The fraction of sp³-hybridized carbons (Fsp3) is 0.909. The molecule has 0 radical (unpaired) electrons. The van der Waals surface area contributed by atoms with Crippen molar-refractivity contribution in [1.29, 1.82) is 0 Å². The molecule has 0 aromatic heterocycles. The van der Waals surface area contributed by atoms with E-state index in [0.29, 0.717) is 0 Å². The number of hydrogen-bond donors (Lipinski definition) is 1. The van der Waals surface area contributed by atoms with Gasteiger partial charge in [0.05, 0.1) is 18.2 Å². The van der Waals surface area contributed by atoms with Gasteiger partial charge in [-0.15, -0.1) is 0 Å². The van der Waals surface area contributed by atoms with Crippen LogP contribution in [0.2, 0.25) is 0 Å². The standard InChI is InChI=1S/C11H21NO3/c1-11(2,3)15-8-10(14)12-6-4-5-9(12)7-13/h9,13H,4-8H2,1-3H3/t9-/m1/s1. The molecule has 0 aliphatic carbocycles. The van der Waals surface area contributed by atoms with Crippen molar-refractivity contribution in [3.63, 3.8) is 0 Å². The van der Waals surface area contributed by atoms with E-state index in [0.717, 1.165) is 19.4 Å². The normalized spacial score (nSPS) is 22.1. The molecule has 0 aromatic rings. The third-order valence-electron chi connectivity index (χ3n) is 2.54. The van der Waals surface area contributed by atoms with E-state index in [4.69, 9.17) is 9.84 Å². The quantitative estimate of drug-likeness (QED) is 0.757. The van der Waals surface area contributed by atoms with Gasteiger partial charge in [0.15, 0.2) is 0 Å². The molecule has 1 heterocycles. The molecule has 0 unspecified atom stereocenters. The van der Waals surface area contributed by atoms with Crippen LogP contribution in [0.25, 0.3) is 0 Å². The van der Waals surface area contributed by atoms with Gasteiger partial charge in [0.2, 0.25) is 5.91 Å². The molecule has 0 aromatic carbocycles. The SMILES string of the molecule is CC(C)(C)OCC(=O)N1CCC[C@@H]1CO. The van der Waals surface area contributed by atoms with Crippen LogP contribution in [0.5, 0.6) is 0 Å². The molecular formula is C11H21NO3. The third kappa shape index (κ3) is 3.80.